The zero-order chi connectivity index (χ0) is 13.3. The van der Waals surface area contributed by atoms with Crippen LogP contribution in [0.25, 0.3) is 0 Å². The molecule has 98 valence electrons. The van der Waals surface area contributed by atoms with E-state index in [1.807, 2.05) is 36.9 Å². The molecule has 1 aliphatic heterocycles. The van der Waals surface area contributed by atoms with Crippen molar-refractivity contribution in [2.45, 2.75) is 25.9 Å². The van der Waals surface area contributed by atoms with Crippen LogP contribution < -0.4 is 10.1 Å². The molecule has 1 N–H and O–H groups in total. The highest BCUT2D eigenvalue weighted by atomic mass is 79.9. The van der Waals surface area contributed by atoms with Crippen LogP contribution in [0.1, 0.15) is 25.5 Å². The van der Waals surface area contributed by atoms with Crippen LogP contribution in [0.3, 0.4) is 0 Å². The first kappa shape index (κ1) is 13.2. The van der Waals surface area contributed by atoms with Gasteiger partial charge < -0.3 is 15.0 Å². The highest BCUT2D eigenvalue weighted by Crippen LogP contribution is 2.30. The Morgan fingerprint density at radius 2 is 2.22 bits per heavy atom. The van der Waals surface area contributed by atoms with Crippen LogP contribution in [0.15, 0.2) is 22.7 Å². The number of benzene rings is 1. The van der Waals surface area contributed by atoms with Crippen LogP contribution in [0.2, 0.25) is 0 Å². The number of hydrogen-bond acceptors (Lipinski definition) is 2. The first-order valence-electron chi connectivity index (χ1n) is 5.93. The second kappa shape index (κ2) is 5.18. The summed E-state index contributed by atoms with van der Waals surface area (Å²) in [7, 11) is 1.64. The number of ether oxygens (including phenoxy) is 1. The molecule has 1 aromatic carbocycles. The maximum atomic E-state index is 11.8. The van der Waals surface area contributed by atoms with Gasteiger partial charge in [0.25, 0.3) is 0 Å². The van der Waals surface area contributed by atoms with E-state index in [1.165, 1.54) is 0 Å². The molecule has 1 aliphatic rings. The summed E-state index contributed by atoms with van der Waals surface area (Å²) in [6, 6.07) is 6.15. The molecule has 0 spiro atoms. The van der Waals surface area contributed by atoms with Gasteiger partial charge in [-0.15, -0.1) is 0 Å². The minimum Gasteiger partial charge on any atom is -0.496 e. The van der Waals surface area contributed by atoms with Crippen LogP contribution in [0.4, 0.5) is 4.79 Å². The number of amides is 2. The Balaban J connectivity index is 2.19. The Morgan fingerprint density at radius 1 is 1.50 bits per heavy atom. The Morgan fingerprint density at radius 3 is 2.72 bits per heavy atom. The summed E-state index contributed by atoms with van der Waals surface area (Å²) in [5.74, 6) is 0.795. The predicted octanol–water partition coefficient (Wildman–Crippen LogP) is 2.93. The number of rotatable bonds is 3. The molecule has 4 nitrogen and oxygen atoms in total. The van der Waals surface area contributed by atoms with Crippen molar-refractivity contribution >= 4 is 22.0 Å². The quantitative estimate of drug-likeness (QED) is 0.932. The van der Waals surface area contributed by atoms with Crippen LogP contribution in [-0.2, 0) is 0 Å². The van der Waals surface area contributed by atoms with E-state index in [4.69, 9.17) is 4.74 Å². The predicted molar refractivity (Wildman–Crippen MR) is 73.8 cm³/mol. The molecule has 0 radical (unpaired) electrons. The number of halogens is 1. The lowest BCUT2D eigenvalue weighted by Gasteiger charge is -2.19. The van der Waals surface area contributed by atoms with Crippen LogP contribution in [0.5, 0.6) is 5.75 Å². The molecule has 1 aromatic rings. The largest absolute Gasteiger partial charge is 0.496 e. The zero-order valence-corrected chi connectivity index (χ0v) is 12.3. The maximum Gasteiger partial charge on any atom is 0.318 e. The summed E-state index contributed by atoms with van der Waals surface area (Å²) in [5.41, 5.74) is 1.08. The lowest BCUT2D eigenvalue weighted by molar-refractivity contribution is 0.206. The Hall–Kier alpha value is -1.23. The summed E-state index contributed by atoms with van der Waals surface area (Å²) in [6.45, 7) is 4.74. The number of methoxy groups -OCH3 is 1. The van der Waals surface area contributed by atoms with Gasteiger partial charge in [-0.2, -0.15) is 0 Å². The summed E-state index contributed by atoms with van der Waals surface area (Å²) >= 11 is 3.46. The summed E-state index contributed by atoms with van der Waals surface area (Å²) in [6.07, 6.45) is 0. The fraction of sp³-hybridized carbons (Fsp3) is 0.462. The van der Waals surface area contributed by atoms with Crippen molar-refractivity contribution in [2.75, 3.05) is 13.7 Å². The maximum absolute atomic E-state index is 11.8. The SMILES string of the molecule is COc1ccc(C2CN(C(C)C)C(=O)N2)cc1Br. The molecule has 2 rings (SSSR count). The number of nitrogens with zero attached hydrogens (tertiary/aromatic N) is 1. The number of urea groups is 1. The smallest absolute Gasteiger partial charge is 0.318 e. The monoisotopic (exact) mass is 312 g/mol. The van der Waals surface area contributed by atoms with Crippen LogP contribution in [-0.4, -0.2) is 30.6 Å². The first-order chi connectivity index (χ1) is 8.52. The summed E-state index contributed by atoms with van der Waals surface area (Å²) in [4.78, 5) is 13.6. The van der Waals surface area contributed by atoms with Gasteiger partial charge in [-0.3, -0.25) is 0 Å². The van der Waals surface area contributed by atoms with Crippen LogP contribution >= 0.6 is 15.9 Å². The van der Waals surface area contributed by atoms with Gasteiger partial charge in [0.1, 0.15) is 5.75 Å². The van der Waals surface area contributed by atoms with Crippen molar-refractivity contribution in [3.8, 4) is 5.75 Å². The van der Waals surface area contributed by atoms with E-state index in [9.17, 15) is 4.79 Å². The summed E-state index contributed by atoms with van der Waals surface area (Å²) < 4.78 is 6.10. The molecule has 0 aliphatic carbocycles. The lowest BCUT2D eigenvalue weighted by Crippen LogP contribution is -2.33. The number of nitrogens with one attached hydrogen (secondary N) is 1. The molecule has 0 saturated carbocycles. The fourth-order valence-corrected chi connectivity index (χ4v) is 2.65. The van der Waals surface area contributed by atoms with E-state index in [-0.39, 0.29) is 18.1 Å². The van der Waals surface area contributed by atoms with Gasteiger partial charge in [0.2, 0.25) is 0 Å². The Bertz CT molecular complexity index is 462. The Kier molecular flexibility index (Phi) is 3.80. The molecule has 2 amide bonds. The van der Waals surface area contributed by atoms with Gasteiger partial charge in [0.05, 0.1) is 17.6 Å². The van der Waals surface area contributed by atoms with Crippen LogP contribution in [0, 0.1) is 0 Å². The molecule has 5 heteroatoms. The molecular weight excluding hydrogens is 296 g/mol. The number of carbonyl (C=O) groups excluding carboxylic acids is 1. The van der Waals surface area contributed by atoms with E-state index >= 15 is 0 Å². The van der Waals surface area contributed by atoms with Gasteiger partial charge in [0, 0.05) is 12.6 Å². The highest BCUT2D eigenvalue weighted by Gasteiger charge is 2.31. The van der Waals surface area contributed by atoms with E-state index in [0.29, 0.717) is 6.54 Å². The molecule has 1 saturated heterocycles. The molecular formula is C13H17BrN2O2. The van der Waals surface area contributed by atoms with Gasteiger partial charge in [-0.05, 0) is 47.5 Å². The number of hydrogen-bond donors (Lipinski definition) is 1. The topological polar surface area (TPSA) is 41.6 Å². The van der Waals surface area contributed by atoms with E-state index in [1.54, 1.807) is 7.11 Å². The standard InChI is InChI=1S/C13H17BrN2O2/c1-8(2)16-7-11(15-13(16)17)9-4-5-12(18-3)10(14)6-9/h4-6,8,11H,7H2,1-3H3,(H,15,17). The minimum absolute atomic E-state index is 0.00180. The van der Waals surface area contributed by atoms with Crippen molar-refractivity contribution in [1.82, 2.24) is 10.2 Å². The van der Waals surface area contributed by atoms with Crippen molar-refractivity contribution in [2.24, 2.45) is 0 Å². The third-order valence-electron chi connectivity index (χ3n) is 3.14. The third-order valence-corrected chi connectivity index (χ3v) is 3.76. The molecule has 1 atom stereocenters. The average Bonchev–Trinajstić information content (AvgIpc) is 2.71. The first-order valence-corrected chi connectivity index (χ1v) is 6.72. The second-order valence-corrected chi connectivity index (χ2v) is 5.50. The number of carbonyl (C=O) groups is 1. The molecule has 1 unspecified atom stereocenters. The molecule has 18 heavy (non-hydrogen) atoms. The van der Waals surface area contributed by atoms with Crippen molar-refractivity contribution < 1.29 is 9.53 Å². The lowest BCUT2D eigenvalue weighted by atomic mass is 10.1. The third kappa shape index (κ3) is 2.46. The minimum atomic E-state index is 0.00180. The van der Waals surface area contributed by atoms with Gasteiger partial charge >= 0.3 is 6.03 Å². The van der Waals surface area contributed by atoms with E-state index < -0.39 is 0 Å². The second-order valence-electron chi connectivity index (χ2n) is 4.64. The highest BCUT2D eigenvalue weighted by molar-refractivity contribution is 9.10. The zero-order valence-electron chi connectivity index (χ0n) is 10.7. The molecule has 0 bridgehead atoms. The van der Waals surface area contributed by atoms with Crippen molar-refractivity contribution in [3.63, 3.8) is 0 Å². The van der Waals surface area contributed by atoms with E-state index in [0.717, 1.165) is 15.8 Å². The summed E-state index contributed by atoms with van der Waals surface area (Å²) in [5, 5.41) is 2.99. The normalized spacial score (nSPS) is 19.3. The Labute approximate surface area is 115 Å². The van der Waals surface area contributed by atoms with Crippen molar-refractivity contribution in [1.29, 1.82) is 0 Å². The van der Waals surface area contributed by atoms with Crippen molar-refractivity contribution in [3.05, 3.63) is 28.2 Å². The van der Waals surface area contributed by atoms with Gasteiger partial charge in [-0.25, -0.2) is 4.79 Å². The molecule has 1 heterocycles. The average molecular weight is 313 g/mol. The van der Waals surface area contributed by atoms with E-state index in [2.05, 4.69) is 21.2 Å². The van der Waals surface area contributed by atoms with Gasteiger partial charge in [-0.1, -0.05) is 6.07 Å². The van der Waals surface area contributed by atoms with Gasteiger partial charge in [0.15, 0.2) is 0 Å². The fourth-order valence-electron chi connectivity index (χ4n) is 2.09. The molecule has 1 fully saturated rings. The molecule has 0 aromatic heterocycles.